The SMILES string of the molecule is COC(=O)N[C@@H](CCSC)C(=O)N1C2CCCCC2C[C@H]1c1nc(-c2cc3ccc2CCc2ccc(c(-c4c[nH]c([C@@H]5CC6CCCCC6N5C(=O)[C@H](CCSC)NC(=O)OC)n4)c2)CC3)c[nH]1. The molecule has 68 heavy (non-hydrogen) atoms. The minimum Gasteiger partial charge on any atom is -0.453 e. The van der Waals surface area contributed by atoms with Gasteiger partial charge in [0.1, 0.15) is 23.7 Å². The molecule has 14 nitrogen and oxygen atoms in total. The van der Waals surface area contributed by atoms with Gasteiger partial charge in [-0.25, -0.2) is 19.6 Å². The first-order valence-electron chi connectivity index (χ1n) is 24.8. The molecule has 0 radical (unpaired) electrons. The van der Waals surface area contributed by atoms with Crippen molar-refractivity contribution in [3.8, 4) is 22.5 Å². The minimum absolute atomic E-state index is 0.0522. The van der Waals surface area contributed by atoms with E-state index in [1.54, 1.807) is 23.5 Å². The van der Waals surface area contributed by atoms with Crippen molar-refractivity contribution in [1.29, 1.82) is 0 Å². The molecule has 4 unspecified atom stereocenters. The maximum atomic E-state index is 14.5. The number of carbonyl (C=O) groups excluding carboxylic acids is 4. The van der Waals surface area contributed by atoms with Crippen LogP contribution in [-0.4, -0.2) is 116 Å². The molecule has 4 bridgehead atoms. The summed E-state index contributed by atoms with van der Waals surface area (Å²) in [4.78, 5) is 75.7. The number of aromatic nitrogens is 4. The van der Waals surface area contributed by atoms with Gasteiger partial charge in [0.05, 0.1) is 37.7 Å². The predicted molar refractivity (Wildman–Crippen MR) is 267 cm³/mol. The zero-order chi connectivity index (χ0) is 47.3. The standard InChI is InChI=1S/C52H68N8O6S2/c1-65-51(63)57-39(21-23-67-3)49(61)59-43-11-7-5-9-35(43)27-45(59)47-53-29-41(55-47)37-25-31-13-17-33(37)19-15-32-14-18-34(20-16-31)38(26-32)42-30-54-48(56-42)46-28-36-10-6-8-12-44(36)60(46)50(62)40(22-24-68-4)58-52(64)66-2/h13-14,17-18,25-26,29-30,35-36,39-40,43-46H,5-12,15-16,19-24,27-28H2,1-4H3,(H,53,55)(H,54,56)(H,57,63)(H,58,64)/t35?,36?,39-,40-,43?,44?,45-,46-/m0/s1. The Balaban J connectivity index is 0.957. The van der Waals surface area contributed by atoms with Crippen molar-refractivity contribution in [2.75, 3.05) is 38.2 Å². The number of fused-ring (bicyclic) bond motifs is 2. The van der Waals surface area contributed by atoms with Crippen molar-refractivity contribution in [3.63, 3.8) is 0 Å². The molecule has 2 aliphatic heterocycles. The number of ether oxygens (including phenoxy) is 2. The van der Waals surface area contributed by atoms with Crippen LogP contribution >= 0.6 is 23.5 Å². The highest BCUT2D eigenvalue weighted by Gasteiger charge is 2.49. The van der Waals surface area contributed by atoms with Crippen LogP contribution < -0.4 is 10.6 Å². The fourth-order valence-corrected chi connectivity index (χ4v) is 13.1. The molecule has 4 aromatic rings. The number of carbonyl (C=O) groups is 4. The number of alkyl carbamates (subject to hydrolysis) is 2. The van der Waals surface area contributed by atoms with Crippen molar-refractivity contribution in [1.82, 2.24) is 40.4 Å². The highest BCUT2D eigenvalue weighted by Crippen LogP contribution is 2.48. The van der Waals surface area contributed by atoms with Crippen LogP contribution in [0.25, 0.3) is 22.5 Å². The average Bonchev–Trinajstić information content (AvgIpc) is 4.19. The normalized spacial score (nSPS) is 24.1. The predicted octanol–water partition coefficient (Wildman–Crippen LogP) is 8.97. The van der Waals surface area contributed by atoms with Crippen molar-refractivity contribution in [3.05, 3.63) is 82.7 Å². The number of nitrogens with zero attached hydrogens (tertiary/aromatic N) is 4. The molecule has 0 spiro atoms. The van der Waals surface area contributed by atoms with Gasteiger partial charge in [0.2, 0.25) is 11.8 Å². The summed E-state index contributed by atoms with van der Waals surface area (Å²) in [6.45, 7) is 0. The average molecular weight is 965 g/mol. The molecular weight excluding hydrogens is 897 g/mol. The largest absolute Gasteiger partial charge is 0.453 e. The van der Waals surface area contributed by atoms with Gasteiger partial charge in [0, 0.05) is 35.6 Å². The van der Waals surface area contributed by atoms with Gasteiger partial charge in [-0.05, 0) is 147 Å². The second-order valence-electron chi connectivity index (χ2n) is 19.5. The molecule has 8 aliphatic rings. The van der Waals surface area contributed by atoms with E-state index in [0.717, 1.165) is 123 Å². The molecule has 4 heterocycles. The van der Waals surface area contributed by atoms with E-state index >= 15 is 0 Å². The van der Waals surface area contributed by atoms with Gasteiger partial charge in [-0.3, -0.25) is 9.59 Å². The van der Waals surface area contributed by atoms with Gasteiger partial charge in [-0.1, -0.05) is 49.9 Å². The molecule has 2 saturated carbocycles. The first-order chi connectivity index (χ1) is 33.2. The topological polar surface area (TPSA) is 175 Å². The molecule has 2 aromatic heterocycles. The summed E-state index contributed by atoms with van der Waals surface area (Å²) >= 11 is 3.32. The maximum Gasteiger partial charge on any atom is 0.407 e. The van der Waals surface area contributed by atoms with Crippen molar-refractivity contribution < 1.29 is 28.7 Å². The summed E-state index contributed by atoms with van der Waals surface area (Å²) < 4.78 is 9.89. The van der Waals surface area contributed by atoms with Gasteiger partial charge in [0.25, 0.3) is 0 Å². The van der Waals surface area contributed by atoms with E-state index in [-0.39, 0.29) is 36.0 Å². The Kier molecular flexibility index (Phi) is 15.4. The van der Waals surface area contributed by atoms with Crippen LogP contribution in [0.5, 0.6) is 0 Å². The quantitative estimate of drug-likeness (QED) is 0.0955. The number of benzene rings is 2. The van der Waals surface area contributed by atoms with Gasteiger partial charge in [-0.15, -0.1) is 0 Å². The third-order valence-corrected chi connectivity index (χ3v) is 16.8. The second-order valence-corrected chi connectivity index (χ2v) is 21.5. The number of methoxy groups -OCH3 is 2. The van der Waals surface area contributed by atoms with Crippen LogP contribution in [0.4, 0.5) is 9.59 Å². The van der Waals surface area contributed by atoms with Gasteiger partial charge in [0.15, 0.2) is 0 Å². The third-order valence-electron chi connectivity index (χ3n) is 15.6. The molecule has 16 heteroatoms. The molecule has 364 valence electrons. The number of hydrogen-bond donors (Lipinski definition) is 4. The number of amides is 4. The molecule has 4 amide bonds. The Morgan fingerprint density at radius 2 is 1.07 bits per heavy atom. The number of nitrogens with one attached hydrogen (secondary N) is 4. The van der Waals surface area contributed by atoms with E-state index in [1.807, 2.05) is 24.9 Å². The smallest absolute Gasteiger partial charge is 0.407 e. The van der Waals surface area contributed by atoms with Crippen LogP contribution in [0.2, 0.25) is 0 Å². The molecular formula is C52H68N8O6S2. The summed E-state index contributed by atoms with van der Waals surface area (Å²) in [6, 6.07) is 12.1. The monoisotopic (exact) mass is 964 g/mol. The van der Waals surface area contributed by atoms with Crippen molar-refractivity contribution >= 4 is 47.5 Å². The Labute approximate surface area is 409 Å². The highest BCUT2D eigenvalue weighted by atomic mass is 32.2. The summed E-state index contributed by atoms with van der Waals surface area (Å²) in [7, 11) is 2.67. The van der Waals surface area contributed by atoms with Crippen LogP contribution in [0.1, 0.15) is 123 Å². The van der Waals surface area contributed by atoms with E-state index in [2.05, 4.69) is 66.8 Å². The van der Waals surface area contributed by atoms with Crippen LogP contribution in [0.15, 0.2) is 48.8 Å². The number of aryl methyl sites for hydroxylation is 4. The maximum absolute atomic E-state index is 14.5. The van der Waals surface area contributed by atoms with Crippen LogP contribution in [0.3, 0.4) is 0 Å². The Hall–Kier alpha value is -4.96. The third kappa shape index (κ3) is 10.2. The second kappa shape index (κ2) is 21.8. The number of rotatable bonds is 14. The summed E-state index contributed by atoms with van der Waals surface area (Å²) in [6.07, 6.45) is 21.5. The molecule has 4 N–H and O–H groups in total. The molecule has 8 atom stereocenters. The van der Waals surface area contributed by atoms with E-state index < -0.39 is 24.3 Å². The van der Waals surface area contributed by atoms with Crippen LogP contribution in [0, 0.1) is 11.8 Å². The highest BCUT2D eigenvalue weighted by molar-refractivity contribution is 7.98. The lowest BCUT2D eigenvalue weighted by atomic mass is 9.84. The lowest BCUT2D eigenvalue weighted by Crippen LogP contribution is -2.52. The van der Waals surface area contributed by atoms with Crippen LogP contribution in [-0.2, 0) is 44.7 Å². The number of aromatic amines is 2. The molecule has 12 rings (SSSR count). The Morgan fingerprint density at radius 1 is 0.647 bits per heavy atom. The summed E-state index contributed by atoms with van der Waals surface area (Å²) in [5.41, 5.74) is 8.89. The summed E-state index contributed by atoms with van der Waals surface area (Å²) in [5.74, 6) is 3.79. The number of imidazole rings is 2. The van der Waals surface area contributed by atoms with E-state index in [1.165, 1.54) is 49.3 Å². The zero-order valence-electron chi connectivity index (χ0n) is 40.0. The van der Waals surface area contributed by atoms with E-state index in [9.17, 15) is 19.2 Å². The lowest BCUT2D eigenvalue weighted by molar-refractivity contribution is -0.138. The fraction of sp³-hybridized carbons (Fsp3) is 0.577. The lowest BCUT2D eigenvalue weighted by Gasteiger charge is -2.36. The molecule has 4 fully saturated rings. The number of likely N-dealkylation sites (tertiary alicyclic amines) is 2. The van der Waals surface area contributed by atoms with Gasteiger partial charge < -0.3 is 39.9 Å². The Bertz CT molecular complexity index is 2270. The first-order valence-corrected chi connectivity index (χ1v) is 27.6. The van der Waals surface area contributed by atoms with Gasteiger partial charge in [-0.2, -0.15) is 23.5 Å². The molecule has 6 aliphatic carbocycles. The zero-order valence-corrected chi connectivity index (χ0v) is 41.7. The van der Waals surface area contributed by atoms with Crippen molar-refractivity contribution in [2.45, 2.75) is 139 Å². The van der Waals surface area contributed by atoms with E-state index in [4.69, 9.17) is 19.4 Å². The molecule has 2 saturated heterocycles. The summed E-state index contributed by atoms with van der Waals surface area (Å²) in [5, 5.41) is 5.71. The fourth-order valence-electron chi connectivity index (χ4n) is 12.1. The van der Waals surface area contributed by atoms with E-state index in [0.29, 0.717) is 24.7 Å². The number of thioether (sulfide) groups is 2. The number of H-pyrrole nitrogens is 2. The Morgan fingerprint density at radius 3 is 1.49 bits per heavy atom. The van der Waals surface area contributed by atoms with Crippen molar-refractivity contribution in [2.24, 2.45) is 11.8 Å². The number of hydrogen-bond acceptors (Lipinski definition) is 10. The first kappa shape index (κ1) is 48.1. The molecule has 2 aromatic carbocycles. The van der Waals surface area contributed by atoms with Gasteiger partial charge >= 0.3 is 12.2 Å². The minimum atomic E-state index is -0.665.